The molecule has 1 aliphatic heterocycles. The number of benzene rings is 2. The molecule has 0 fully saturated rings. The molecule has 2 N–H and O–H groups in total. The van der Waals surface area contributed by atoms with Gasteiger partial charge in [0.2, 0.25) is 0 Å². The van der Waals surface area contributed by atoms with Crippen molar-refractivity contribution >= 4 is 23.2 Å². The van der Waals surface area contributed by atoms with Gasteiger partial charge < -0.3 is 20.3 Å². The van der Waals surface area contributed by atoms with Gasteiger partial charge in [-0.1, -0.05) is 12.1 Å². The van der Waals surface area contributed by atoms with Crippen LogP contribution >= 0.6 is 0 Å². The van der Waals surface area contributed by atoms with E-state index in [9.17, 15) is 9.59 Å². The summed E-state index contributed by atoms with van der Waals surface area (Å²) >= 11 is 0. The van der Waals surface area contributed by atoms with Crippen LogP contribution in [0.1, 0.15) is 15.9 Å². The van der Waals surface area contributed by atoms with Gasteiger partial charge in [0.1, 0.15) is 5.75 Å². The third-order valence-corrected chi connectivity index (χ3v) is 3.56. The minimum Gasteiger partial charge on any atom is -0.482 e. The maximum absolute atomic E-state index is 12.4. The zero-order chi connectivity index (χ0) is 17.1. The number of ether oxygens (including phenoxy) is 1. The van der Waals surface area contributed by atoms with Gasteiger partial charge >= 0.3 is 0 Å². The number of hydrogen-bond acceptors (Lipinski definition) is 4. The Morgan fingerprint density at radius 1 is 1.25 bits per heavy atom. The van der Waals surface area contributed by atoms with E-state index in [-0.39, 0.29) is 18.4 Å². The van der Waals surface area contributed by atoms with Crippen molar-refractivity contribution in [3.05, 3.63) is 53.6 Å². The number of hydrogen-bond donors (Lipinski definition) is 2. The van der Waals surface area contributed by atoms with Crippen molar-refractivity contribution < 1.29 is 14.3 Å². The van der Waals surface area contributed by atoms with E-state index in [2.05, 4.69) is 15.5 Å². The van der Waals surface area contributed by atoms with Crippen LogP contribution in [-0.2, 0) is 11.3 Å². The summed E-state index contributed by atoms with van der Waals surface area (Å²) in [5.41, 5.74) is 2.92. The lowest BCUT2D eigenvalue weighted by atomic mass is 10.1. The Morgan fingerprint density at radius 2 is 2.08 bits per heavy atom. The van der Waals surface area contributed by atoms with Crippen molar-refractivity contribution in [1.29, 1.82) is 0 Å². The van der Waals surface area contributed by atoms with Gasteiger partial charge in [-0.3, -0.25) is 9.59 Å². The molecule has 0 radical (unpaired) electrons. The molecule has 2 amide bonds. The first-order valence-corrected chi connectivity index (χ1v) is 7.63. The number of fused-ring (bicyclic) bond motifs is 1. The van der Waals surface area contributed by atoms with Crippen molar-refractivity contribution in [3.63, 3.8) is 0 Å². The first kappa shape index (κ1) is 16.0. The van der Waals surface area contributed by atoms with Crippen LogP contribution < -0.4 is 15.4 Å². The van der Waals surface area contributed by atoms with E-state index in [4.69, 9.17) is 4.74 Å². The van der Waals surface area contributed by atoms with Gasteiger partial charge in [0, 0.05) is 17.8 Å². The molecule has 6 heteroatoms. The van der Waals surface area contributed by atoms with Crippen molar-refractivity contribution in [2.24, 2.45) is 0 Å². The number of carbonyl (C=O) groups is 2. The van der Waals surface area contributed by atoms with Gasteiger partial charge in [0.15, 0.2) is 6.61 Å². The Bertz CT molecular complexity index is 787. The van der Waals surface area contributed by atoms with E-state index in [1.165, 1.54) is 0 Å². The number of carbonyl (C=O) groups excluding carboxylic acids is 2. The maximum Gasteiger partial charge on any atom is 0.262 e. The predicted molar refractivity (Wildman–Crippen MR) is 92.4 cm³/mol. The van der Waals surface area contributed by atoms with Crippen LogP contribution in [-0.4, -0.2) is 37.4 Å². The Balaban J connectivity index is 1.74. The largest absolute Gasteiger partial charge is 0.482 e. The molecule has 0 unspecified atom stereocenters. The number of rotatable bonds is 4. The SMILES string of the molecule is CN(C)Cc1cccc(NC(=O)c2ccc3c(c2)OCC(=O)N3)c1. The van der Waals surface area contributed by atoms with Crippen molar-refractivity contribution in [1.82, 2.24) is 4.90 Å². The number of nitrogens with one attached hydrogen (secondary N) is 2. The fraction of sp³-hybridized carbons (Fsp3) is 0.222. The molecule has 0 atom stereocenters. The molecular weight excluding hydrogens is 306 g/mol. The van der Waals surface area contributed by atoms with Crippen LogP contribution in [0, 0.1) is 0 Å². The number of nitrogens with zero attached hydrogens (tertiary/aromatic N) is 1. The second kappa shape index (κ2) is 6.72. The summed E-state index contributed by atoms with van der Waals surface area (Å²) in [4.78, 5) is 25.8. The zero-order valence-corrected chi connectivity index (χ0v) is 13.6. The number of anilines is 2. The van der Waals surface area contributed by atoms with Crippen molar-refractivity contribution in [3.8, 4) is 5.75 Å². The summed E-state index contributed by atoms with van der Waals surface area (Å²) in [5.74, 6) is 0.0846. The average molecular weight is 325 g/mol. The van der Waals surface area contributed by atoms with Gasteiger partial charge in [-0.15, -0.1) is 0 Å². The van der Waals surface area contributed by atoms with E-state index in [1.54, 1.807) is 18.2 Å². The minimum absolute atomic E-state index is 0.0371. The van der Waals surface area contributed by atoms with Crippen LogP contribution in [0.3, 0.4) is 0 Å². The molecule has 1 aliphatic rings. The molecule has 0 saturated heterocycles. The average Bonchev–Trinajstić information content (AvgIpc) is 2.54. The molecule has 1 heterocycles. The zero-order valence-electron chi connectivity index (χ0n) is 13.6. The quantitative estimate of drug-likeness (QED) is 0.905. The molecule has 0 aliphatic carbocycles. The molecule has 24 heavy (non-hydrogen) atoms. The first-order chi connectivity index (χ1) is 11.5. The highest BCUT2D eigenvalue weighted by atomic mass is 16.5. The van der Waals surface area contributed by atoms with E-state index < -0.39 is 0 Å². The lowest BCUT2D eigenvalue weighted by molar-refractivity contribution is -0.118. The normalized spacial score (nSPS) is 13.0. The van der Waals surface area contributed by atoms with Crippen LogP contribution in [0.25, 0.3) is 0 Å². The second-order valence-corrected chi connectivity index (χ2v) is 5.94. The molecule has 0 aromatic heterocycles. The molecular formula is C18H19N3O3. The second-order valence-electron chi connectivity index (χ2n) is 5.94. The van der Waals surface area contributed by atoms with Crippen LogP contribution in [0.5, 0.6) is 5.75 Å². The van der Waals surface area contributed by atoms with Crippen molar-refractivity contribution in [2.75, 3.05) is 31.3 Å². The molecule has 0 bridgehead atoms. The Morgan fingerprint density at radius 3 is 2.88 bits per heavy atom. The van der Waals surface area contributed by atoms with E-state index >= 15 is 0 Å². The number of amides is 2. The van der Waals surface area contributed by atoms with Crippen LogP contribution in [0.15, 0.2) is 42.5 Å². The van der Waals surface area contributed by atoms with Gasteiger partial charge in [0.25, 0.3) is 11.8 Å². The molecule has 6 nitrogen and oxygen atoms in total. The molecule has 124 valence electrons. The standard InChI is InChI=1S/C18H19N3O3/c1-21(2)10-12-4-3-5-14(8-12)19-18(23)13-6-7-15-16(9-13)24-11-17(22)20-15/h3-9H,10-11H2,1-2H3,(H,19,23)(H,20,22). The summed E-state index contributed by atoms with van der Waals surface area (Å²) in [6.07, 6.45) is 0. The van der Waals surface area contributed by atoms with E-state index in [0.717, 1.165) is 17.8 Å². The highest BCUT2D eigenvalue weighted by Gasteiger charge is 2.18. The van der Waals surface area contributed by atoms with Gasteiger partial charge in [-0.05, 0) is 50.0 Å². The fourth-order valence-corrected chi connectivity index (χ4v) is 2.53. The monoisotopic (exact) mass is 325 g/mol. The Kier molecular flexibility index (Phi) is 4.48. The lowest BCUT2D eigenvalue weighted by Gasteiger charge is -2.18. The van der Waals surface area contributed by atoms with Crippen molar-refractivity contribution in [2.45, 2.75) is 6.54 Å². The summed E-state index contributed by atoms with van der Waals surface area (Å²) < 4.78 is 5.34. The summed E-state index contributed by atoms with van der Waals surface area (Å²) in [7, 11) is 3.99. The predicted octanol–water partition coefficient (Wildman–Crippen LogP) is 2.33. The maximum atomic E-state index is 12.4. The lowest BCUT2D eigenvalue weighted by Crippen LogP contribution is -2.25. The fourth-order valence-electron chi connectivity index (χ4n) is 2.53. The third-order valence-electron chi connectivity index (χ3n) is 3.56. The van der Waals surface area contributed by atoms with Crippen LogP contribution in [0.4, 0.5) is 11.4 Å². The highest BCUT2D eigenvalue weighted by molar-refractivity contribution is 6.05. The Labute approximate surface area is 140 Å². The first-order valence-electron chi connectivity index (χ1n) is 7.63. The van der Waals surface area contributed by atoms with Crippen LogP contribution in [0.2, 0.25) is 0 Å². The molecule has 3 rings (SSSR count). The summed E-state index contributed by atoms with van der Waals surface area (Å²) in [6, 6.07) is 12.7. The van der Waals surface area contributed by atoms with E-state index in [1.807, 2.05) is 38.4 Å². The molecule has 0 saturated carbocycles. The third kappa shape index (κ3) is 3.72. The molecule has 2 aromatic rings. The van der Waals surface area contributed by atoms with Gasteiger partial charge in [0.05, 0.1) is 5.69 Å². The molecule has 2 aromatic carbocycles. The van der Waals surface area contributed by atoms with Gasteiger partial charge in [-0.25, -0.2) is 0 Å². The smallest absolute Gasteiger partial charge is 0.262 e. The summed E-state index contributed by atoms with van der Waals surface area (Å²) in [5, 5.41) is 5.59. The topological polar surface area (TPSA) is 70.7 Å². The minimum atomic E-state index is -0.222. The molecule has 0 spiro atoms. The summed E-state index contributed by atoms with van der Waals surface area (Å²) in [6.45, 7) is 0.765. The highest BCUT2D eigenvalue weighted by Crippen LogP contribution is 2.28. The Hall–Kier alpha value is -2.86. The van der Waals surface area contributed by atoms with E-state index in [0.29, 0.717) is 17.0 Å². The van der Waals surface area contributed by atoms with Gasteiger partial charge in [-0.2, -0.15) is 0 Å².